The molecule has 0 bridgehead atoms. The third kappa shape index (κ3) is 3.46. The van der Waals surface area contributed by atoms with E-state index in [-0.39, 0.29) is 0 Å². The largest absolute Gasteiger partial charge is 0.478 e. The fourth-order valence-electron chi connectivity index (χ4n) is 1.85. The van der Waals surface area contributed by atoms with Crippen LogP contribution in [0.5, 0.6) is 0 Å². The maximum atomic E-state index is 10.7. The molecule has 0 unspecified atom stereocenters. The molecule has 1 N–H and O–H groups in total. The Bertz CT molecular complexity index is 627. The van der Waals surface area contributed by atoms with E-state index >= 15 is 0 Å². The highest BCUT2D eigenvalue weighted by Crippen LogP contribution is 2.24. The van der Waals surface area contributed by atoms with Gasteiger partial charge >= 0.3 is 5.97 Å². The van der Waals surface area contributed by atoms with E-state index in [0.717, 1.165) is 22.3 Å². The third-order valence-electron chi connectivity index (χ3n) is 2.84. The molecule has 0 heterocycles. The summed E-state index contributed by atoms with van der Waals surface area (Å²) < 4.78 is 0. The predicted octanol–water partition coefficient (Wildman–Crippen LogP) is 4.49. The average Bonchev–Trinajstić information content (AvgIpc) is 2.39. The van der Waals surface area contributed by atoms with Gasteiger partial charge in [-0.05, 0) is 47.4 Å². The van der Waals surface area contributed by atoms with Crippen LogP contribution in [-0.2, 0) is 4.79 Å². The average molecular weight is 273 g/mol. The van der Waals surface area contributed by atoms with Gasteiger partial charge in [0.25, 0.3) is 0 Å². The quantitative estimate of drug-likeness (QED) is 0.836. The number of carbonyl (C=O) groups is 1. The van der Waals surface area contributed by atoms with Crippen LogP contribution in [0.4, 0.5) is 0 Å². The van der Waals surface area contributed by atoms with E-state index in [1.165, 1.54) is 6.08 Å². The van der Waals surface area contributed by atoms with E-state index in [0.29, 0.717) is 5.02 Å². The second kappa shape index (κ2) is 5.72. The minimum absolute atomic E-state index is 0.696. The summed E-state index contributed by atoms with van der Waals surface area (Å²) in [6.45, 7) is 1.79. The van der Waals surface area contributed by atoms with Crippen LogP contribution < -0.4 is 0 Å². The van der Waals surface area contributed by atoms with Crippen molar-refractivity contribution in [3.8, 4) is 11.1 Å². The van der Waals surface area contributed by atoms with E-state index in [1.54, 1.807) is 6.92 Å². The maximum absolute atomic E-state index is 10.7. The summed E-state index contributed by atoms with van der Waals surface area (Å²) in [4.78, 5) is 10.7. The summed E-state index contributed by atoms with van der Waals surface area (Å²) in [6.07, 6.45) is 1.21. The zero-order valence-corrected chi connectivity index (χ0v) is 11.2. The van der Waals surface area contributed by atoms with Crippen LogP contribution >= 0.6 is 11.6 Å². The lowest BCUT2D eigenvalue weighted by Crippen LogP contribution is -1.90. The Labute approximate surface area is 117 Å². The van der Waals surface area contributed by atoms with E-state index in [9.17, 15) is 4.79 Å². The number of benzene rings is 2. The molecule has 2 rings (SSSR count). The van der Waals surface area contributed by atoms with Crippen molar-refractivity contribution in [2.24, 2.45) is 0 Å². The minimum atomic E-state index is -0.936. The van der Waals surface area contributed by atoms with Crippen LogP contribution in [-0.4, -0.2) is 11.1 Å². The van der Waals surface area contributed by atoms with Gasteiger partial charge in [0.05, 0.1) is 0 Å². The zero-order chi connectivity index (χ0) is 13.8. The number of hydrogen-bond donors (Lipinski definition) is 1. The third-order valence-corrected chi connectivity index (χ3v) is 3.09. The highest BCUT2D eigenvalue weighted by Gasteiger charge is 2.02. The molecule has 0 aromatic heterocycles. The van der Waals surface area contributed by atoms with E-state index in [4.69, 9.17) is 16.7 Å². The maximum Gasteiger partial charge on any atom is 0.328 e. The number of carboxylic acids is 1. The summed E-state index contributed by atoms with van der Waals surface area (Å²) >= 11 is 5.86. The van der Waals surface area contributed by atoms with Crippen LogP contribution in [0.2, 0.25) is 5.02 Å². The van der Waals surface area contributed by atoms with Gasteiger partial charge in [-0.3, -0.25) is 0 Å². The first kappa shape index (κ1) is 13.4. The monoisotopic (exact) mass is 272 g/mol. The molecule has 0 aliphatic heterocycles. The van der Waals surface area contributed by atoms with Gasteiger partial charge in [-0.25, -0.2) is 4.79 Å². The SMILES string of the molecule is C/C(=C\C(=O)O)c1cccc(-c2ccc(Cl)cc2)c1. The van der Waals surface area contributed by atoms with Crippen molar-refractivity contribution in [1.82, 2.24) is 0 Å². The van der Waals surface area contributed by atoms with Gasteiger partial charge in [-0.15, -0.1) is 0 Å². The normalized spacial score (nSPS) is 11.4. The summed E-state index contributed by atoms with van der Waals surface area (Å²) in [5.41, 5.74) is 3.71. The fourth-order valence-corrected chi connectivity index (χ4v) is 1.98. The van der Waals surface area contributed by atoms with Crippen LogP contribution in [0.25, 0.3) is 16.7 Å². The van der Waals surface area contributed by atoms with Gasteiger partial charge in [0.2, 0.25) is 0 Å². The van der Waals surface area contributed by atoms with Gasteiger partial charge in [0, 0.05) is 11.1 Å². The minimum Gasteiger partial charge on any atom is -0.478 e. The molecule has 2 aromatic carbocycles. The van der Waals surface area contributed by atoms with Gasteiger partial charge in [-0.1, -0.05) is 41.9 Å². The summed E-state index contributed by atoms with van der Waals surface area (Å²) in [7, 11) is 0. The molecule has 0 amide bonds. The molecule has 2 aromatic rings. The van der Waals surface area contributed by atoms with Crippen LogP contribution in [0.3, 0.4) is 0 Å². The predicted molar refractivity (Wildman–Crippen MR) is 78.2 cm³/mol. The summed E-state index contributed by atoms with van der Waals surface area (Å²) in [5.74, 6) is -0.936. The molecule has 0 saturated heterocycles. The number of hydrogen-bond acceptors (Lipinski definition) is 1. The van der Waals surface area contributed by atoms with Crippen molar-refractivity contribution in [2.75, 3.05) is 0 Å². The highest BCUT2D eigenvalue weighted by atomic mass is 35.5. The first-order valence-corrected chi connectivity index (χ1v) is 6.21. The Morgan fingerprint density at radius 1 is 1.11 bits per heavy atom. The molecule has 0 aliphatic rings. The molecule has 0 saturated carbocycles. The Balaban J connectivity index is 2.39. The summed E-state index contributed by atoms with van der Waals surface area (Å²) in [6, 6.07) is 15.3. The second-order valence-corrected chi connectivity index (χ2v) is 4.69. The first-order chi connectivity index (χ1) is 9.06. The molecule has 2 nitrogen and oxygen atoms in total. The molecule has 19 heavy (non-hydrogen) atoms. The summed E-state index contributed by atoms with van der Waals surface area (Å²) in [5, 5.41) is 9.47. The number of allylic oxidation sites excluding steroid dienone is 1. The number of halogens is 1. The molecular formula is C16H13ClO2. The van der Waals surface area contributed by atoms with Crippen LogP contribution in [0.1, 0.15) is 12.5 Å². The molecule has 0 aliphatic carbocycles. The fraction of sp³-hybridized carbons (Fsp3) is 0.0625. The molecular weight excluding hydrogens is 260 g/mol. The lowest BCUT2D eigenvalue weighted by Gasteiger charge is -2.06. The van der Waals surface area contributed by atoms with E-state index in [1.807, 2.05) is 48.5 Å². The smallest absolute Gasteiger partial charge is 0.328 e. The molecule has 0 radical (unpaired) electrons. The highest BCUT2D eigenvalue weighted by molar-refractivity contribution is 6.30. The number of aliphatic carboxylic acids is 1. The molecule has 3 heteroatoms. The molecule has 96 valence electrons. The van der Waals surface area contributed by atoms with Gasteiger partial charge in [0.1, 0.15) is 0 Å². The molecule has 0 spiro atoms. The second-order valence-electron chi connectivity index (χ2n) is 4.25. The van der Waals surface area contributed by atoms with Crippen LogP contribution in [0.15, 0.2) is 54.6 Å². The van der Waals surface area contributed by atoms with Gasteiger partial charge in [0.15, 0.2) is 0 Å². The molecule has 0 atom stereocenters. The van der Waals surface area contributed by atoms with E-state index < -0.39 is 5.97 Å². The van der Waals surface area contributed by atoms with Crippen molar-refractivity contribution >= 4 is 23.1 Å². The van der Waals surface area contributed by atoms with Crippen molar-refractivity contribution in [3.63, 3.8) is 0 Å². The lowest BCUT2D eigenvalue weighted by molar-refractivity contribution is -0.131. The first-order valence-electron chi connectivity index (χ1n) is 5.84. The standard InChI is InChI=1S/C16H13ClO2/c1-11(9-16(18)19)13-3-2-4-14(10-13)12-5-7-15(17)8-6-12/h2-10H,1H3,(H,18,19)/b11-9+. The number of rotatable bonds is 3. The van der Waals surface area contributed by atoms with Gasteiger partial charge < -0.3 is 5.11 Å². The zero-order valence-electron chi connectivity index (χ0n) is 10.4. The van der Waals surface area contributed by atoms with Crippen molar-refractivity contribution in [1.29, 1.82) is 0 Å². The van der Waals surface area contributed by atoms with Crippen LogP contribution in [0, 0.1) is 0 Å². The Morgan fingerprint density at radius 2 is 1.79 bits per heavy atom. The Morgan fingerprint density at radius 3 is 2.42 bits per heavy atom. The topological polar surface area (TPSA) is 37.3 Å². The van der Waals surface area contributed by atoms with Crippen molar-refractivity contribution in [2.45, 2.75) is 6.92 Å². The number of carboxylic acid groups (broad SMARTS) is 1. The Hall–Kier alpha value is -2.06. The van der Waals surface area contributed by atoms with Crippen molar-refractivity contribution in [3.05, 3.63) is 65.2 Å². The van der Waals surface area contributed by atoms with Crippen molar-refractivity contribution < 1.29 is 9.90 Å². The lowest BCUT2D eigenvalue weighted by atomic mass is 10.00. The molecule has 0 fully saturated rings. The van der Waals surface area contributed by atoms with E-state index in [2.05, 4.69) is 0 Å². The Kier molecular flexibility index (Phi) is 4.03. The van der Waals surface area contributed by atoms with Gasteiger partial charge in [-0.2, -0.15) is 0 Å².